The van der Waals surface area contributed by atoms with Gasteiger partial charge in [0.2, 0.25) is 0 Å². The van der Waals surface area contributed by atoms with Crippen LogP contribution >= 0.6 is 39.1 Å². The summed E-state index contributed by atoms with van der Waals surface area (Å²) in [7, 11) is 0. The molecule has 5 nitrogen and oxygen atoms in total. The normalized spacial score (nSPS) is 10.3. The third-order valence-corrected chi connectivity index (χ3v) is 3.59. The number of nitro groups is 1. The van der Waals surface area contributed by atoms with Crippen molar-refractivity contribution in [1.29, 1.82) is 0 Å². The molecule has 0 spiro atoms. The van der Waals surface area contributed by atoms with Crippen LogP contribution in [0.1, 0.15) is 5.56 Å². The number of non-ortho nitro benzene ring substituents is 1. The Morgan fingerprint density at radius 3 is 2.70 bits per heavy atom. The van der Waals surface area contributed by atoms with Crippen LogP contribution in [-0.4, -0.2) is 9.91 Å². The van der Waals surface area contributed by atoms with Crippen molar-refractivity contribution in [3.63, 3.8) is 0 Å². The first kappa shape index (κ1) is 15.0. The van der Waals surface area contributed by atoms with E-state index in [1.54, 1.807) is 18.2 Å². The highest BCUT2D eigenvalue weighted by Crippen LogP contribution is 2.30. The predicted octanol–water partition coefficient (Wildman–Crippen LogP) is 4.64. The molecule has 0 saturated heterocycles. The molecular formula is C12H7BrCl2N2O3. The largest absolute Gasteiger partial charge is 0.487 e. The molecule has 0 bridgehead atoms. The summed E-state index contributed by atoms with van der Waals surface area (Å²) in [5, 5.41) is 11.2. The lowest BCUT2D eigenvalue weighted by molar-refractivity contribution is -0.385. The van der Waals surface area contributed by atoms with Crippen LogP contribution in [0.3, 0.4) is 0 Å². The molecule has 0 amide bonds. The Hall–Kier alpha value is -1.37. The molecule has 0 saturated carbocycles. The molecule has 1 aromatic heterocycles. The van der Waals surface area contributed by atoms with Crippen LogP contribution in [0.25, 0.3) is 0 Å². The van der Waals surface area contributed by atoms with Gasteiger partial charge in [-0.25, -0.2) is 4.98 Å². The maximum atomic E-state index is 10.7. The van der Waals surface area contributed by atoms with Crippen molar-refractivity contribution in [1.82, 2.24) is 4.98 Å². The number of hydrogen-bond donors (Lipinski definition) is 0. The number of ether oxygens (including phenoxy) is 1. The Morgan fingerprint density at radius 1 is 1.30 bits per heavy atom. The summed E-state index contributed by atoms with van der Waals surface area (Å²) in [6.45, 7) is 0.128. The van der Waals surface area contributed by atoms with Gasteiger partial charge >= 0.3 is 0 Å². The first-order valence-electron chi connectivity index (χ1n) is 5.35. The van der Waals surface area contributed by atoms with Crippen LogP contribution in [0.5, 0.6) is 5.75 Å². The molecule has 8 heteroatoms. The molecule has 0 aliphatic carbocycles. The molecule has 1 aromatic carbocycles. The van der Waals surface area contributed by atoms with Gasteiger partial charge in [0, 0.05) is 11.6 Å². The van der Waals surface area contributed by atoms with Crippen molar-refractivity contribution >= 4 is 44.8 Å². The van der Waals surface area contributed by atoms with E-state index in [1.165, 1.54) is 12.1 Å². The maximum Gasteiger partial charge on any atom is 0.273 e. The second-order valence-corrected chi connectivity index (χ2v) is 5.34. The van der Waals surface area contributed by atoms with Crippen LogP contribution in [0.15, 0.2) is 34.8 Å². The van der Waals surface area contributed by atoms with Crippen molar-refractivity contribution in [2.75, 3.05) is 0 Å². The summed E-state index contributed by atoms with van der Waals surface area (Å²) in [5.41, 5.74) is 0.581. The predicted molar refractivity (Wildman–Crippen MR) is 79.4 cm³/mol. The van der Waals surface area contributed by atoms with Gasteiger partial charge in [0.15, 0.2) is 0 Å². The number of halogens is 3. The quantitative estimate of drug-likeness (QED) is 0.442. The fourth-order valence-electron chi connectivity index (χ4n) is 1.42. The van der Waals surface area contributed by atoms with E-state index in [1.807, 2.05) is 0 Å². The number of rotatable bonds is 4. The lowest BCUT2D eigenvalue weighted by Crippen LogP contribution is -1.99. The lowest BCUT2D eigenvalue weighted by Gasteiger charge is -2.09. The van der Waals surface area contributed by atoms with Gasteiger partial charge in [-0.3, -0.25) is 10.1 Å². The van der Waals surface area contributed by atoms with E-state index in [-0.39, 0.29) is 22.6 Å². The number of pyridine rings is 1. The van der Waals surface area contributed by atoms with Gasteiger partial charge < -0.3 is 4.74 Å². The highest BCUT2D eigenvalue weighted by atomic mass is 79.9. The first-order chi connectivity index (χ1) is 9.47. The van der Waals surface area contributed by atoms with Gasteiger partial charge in [0.25, 0.3) is 5.69 Å². The highest BCUT2D eigenvalue weighted by molar-refractivity contribution is 9.10. The third-order valence-electron chi connectivity index (χ3n) is 2.40. The second-order valence-electron chi connectivity index (χ2n) is 3.74. The number of nitrogens with zero attached hydrogens (tertiary/aromatic N) is 2. The van der Waals surface area contributed by atoms with Crippen LogP contribution in [0.2, 0.25) is 10.3 Å². The van der Waals surface area contributed by atoms with Crippen LogP contribution in [0, 0.1) is 10.1 Å². The molecule has 0 aliphatic rings. The first-order valence-corrected chi connectivity index (χ1v) is 6.90. The Bertz CT molecular complexity index is 667. The minimum atomic E-state index is -0.490. The summed E-state index contributed by atoms with van der Waals surface area (Å²) in [5.74, 6) is 0.352. The maximum absolute atomic E-state index is 10.7. The van der Waals surface area contributed by atoms with E-state index in [9.17, 15) is 10.1 Å². The molecular weight excluding hydrogens is 371 g/mol. The zero-order valence-corrected chi connectivity index (χ0v) is 12.9. The zero-order chi connectivity index (χ0) is 14.7. The molecule has 2 rings (SSSR count). The average molecular weight is 378 g/mol. The van der Waals surface area contributed by atoms with Crippen molar-refractivity contribution in [3.05, 3.63) is 60.8 Å². The average Bonchev–Trinajstić information content (AvgIpc) is 2.39. The molecule has 0 fully saturated rings. The number of hydrogen-bond acceptors (Lipinski definition) is 4. The van der Waals surface area contributed by atoms with Crippen LogP contribution in [-0.2, 0) is 6.61 Å². The number of nitro benzene ring substituents is 1. The van der Waals surface area contributed by atoms with Gasteiger partial charge in [-0.05, 0) is 34.1 Å². The minimum Gasteiger partial charge on any atom is -0.487 e. The SMILES string of the molecule is O=[N+]([O-])c1ccc(Br)c(OCc2ccc(Cl)nc2Cl)c1. The topological polar surface area (TPSA) is 65.3 Å². The van der Waals surface area contributed by atoms with E-state index in [4.69, 9.17) is 27.9 Å². The fraction of sp³-hybridized carbons (Fsp3) is 0.0833. The van der Waals surface area contributed by atoms with E-state index in [2.05, 4.69) is 20.9 Å². The molecule has 0 N–H and O–H groups in total. The van der Waals surface area contributed by atoms with E-state index < -0.39 is 4.92 Å². The Kier molecular flexibility index (Phi) is 4.80. The Labute approximate surface area is 132 Å². The molecule has 0 radical (unpaired) electrons. The van der Waals surface area contributed by atoms with E-state index in [0.717, 1.165) is 0 Å². The third kappa shape index (κ3) is 3.59. The fourth-order valence-corrected chi connectivity index (χ4v) is 2.18. The van der Waals surface area contributed by atoms with Crippen molar-refractivity contribution in [2.45, 2.75) is 6.61 Å². The van der Waals surface area contributed by atoms with E-state index >= 15 is 0 Å². The van der Waals surface area contributed by atoms with Gasteiger partial charge in [-0.15, -0.1) is 0 Å². The summed E-state index contributed by atoms with van der Waals surface area (Å²) in [6.07, 6.45) is 0. The van der Waals surface area contributed by atoms with Crippen molar-refractivity contribution in [2.24, 2.45) is 0 Å². The minimum absolute atomic E-state index is 0.0523. The van der Waals surface area contributed by atoms with Crippen molar-refractivity contribution < 1.29 is 9.66 Å². The summed E-state index contributed by atoms with van der Waals surface area (Å²) < 4.78 is 6.13. The van der Waals surface area contributed by atoms with Gasteiger partial charge in [0.1, 0.15) is 22.7 Å². The smallest absolute Gasteiger partial charge is 0.273 e. The molecule has 0 unspecified atom stereocenters. The Balaban J connectivity index is 2.18. The molecule has 2 aromatic rings. The zero-order valence-electron chi connectivity index (χ0n) is 9.85. The molecule has 0 atom stereocenters. The summed E-state index contributed by atoms with van der Waals surface area (Å²) in [6, 6.07) is 7.54. The second kappa shape index (κ2) is 6.39. The highest BCUT2D eigenvalue weighted by Gasteiger charge is 2.11. The van der Waals surface area contributed by atoms with E-state index in [0.29, 0.717) is 15.8 Å². The number of benzene rings is 1. The molecule has 1 heterocycles. The Morgan fingerprint density at radius 2 is 2.05 bits per heavy atom. The van der Waals surface area contributed by atoms with Crippen LogP contribution in [0.4, 0.5) is 5.69 Å². The standard InChI is InChI=1S/C12H7BrCl2N2O3/c13-9-3-2-8(17(18)19)5-10(9)20-6-7-1-4-11(14)16-12(7)15/h1-5H,6H2. The number of aromatic nitrogens is 1. The van der Waals surface area contributed by atoms with Gasteiger partial charge in [-0.1, -0.05) is 23.2 Å². The lowest BCUT2D eigenvalue weighted by atomic mass is 10.3. The van der Waals surface area contributed by atoms with Crippen molar-refractivity contribution in [3.8, 4) is 5.75 Å². The van der Waals surface area contributed by atoms with Crippen LogP contribution < -0.4 is 4.74 Å². The molecule has 104 valence electrons. The summed E-state index contributed by atoms with van der Waals surface area (Å²) in [4.78, 5) is 14.1. The molecule has 0 aliphatic heterocycles. The van der Waals surface area contributed by atoms with Gasteiger partial charge in [-0.2, -0.15) is 0 Å². The monoisotopic (exact) mass is 376 g/mol. The molecule has 20 heavy (non-hydrogen) atoms. The van der Waals surface area contributed by atoms with Gasteiger partial charge in [0.05, 0.1) is 15.5 Å². The summed E-state index contributed by atoms with van der Waals surface area (Å²) >= 11 is 14.9.